The molecule has 0 radical (unpaired) electrons. The summed E-state index contributed by atoms with van der Waals surface area (Å²) in [6.07, 6.45) is 0. The van der Waals surface area contributed by atoms with Crippen LogP contribution in [-0.2, 0) is 0 Å². The van der Waals surface area contributed by atoms with Crippen molar-refractivity contribution in [1.82, 2.24) is 25.1 Å². The Kier molecular flexibility index (Phi) is 2.08. The topological polar surface area (TPSA) is 93.9 Å². The third kappa shape index (κ3) is 1.39. The Bertz CT molecular complexity index is 468. The fourth-order valence-corrected chi connectivity index (χ4v) is 1.03. The van der Waals surface area contributed by atoms with E-state index >= 15 is 0 Å². The zero-order valence-corrected chi connectivity index (χ0v) is 7.07. The monoisotopic (exact) mass is 188 g/mol. The first kappa shape index (κ1) is 8.21. The van der Waals surface area contributed by atoms with E-state index in [2.05, 4.69) is 25.6 Å². The van der Waals surface area contributed by atoms with Crippen LogP contribution in [0.5, 0.6) is 0 Å². The molecule has 1 heterocycles. The van der Waals surface area contributed by atoms with Crippen LogP contribution >= 0.6 is 0 Å². The Morgan fingerprint density at radius 3 is 2.79 bits per heavy atom. The van der Waals surface area contributed by atoms with Crippen LogP contribution in [0.1, 0.15) is 0 Å². The van der Waals surface area contributed by atoms with Gasteiger partial charge in [-0.15, -0.1) is 0 Å². The summed E-state index contributed by atoms with van der Waals surface area (Å²) in [4.78, 5) is 2.88. The van der Waals surface area contributed by atoms with Crippen molar-refractivity contribution in [2.45, 2.75) is 0 Å². The predicted molar refractivity (Wildman–Crippen MR) is 46.1 cm³/mol. The van der Waals surface area contributed by atoms with Crippen LogP contribution in [0.4, 0.5) is 5.95 Å². The lowest BCUT2D eigenvalue weighted by atomic mass is 10.3. The van der Waals surface area contributed by atoms with Gasteiger partial charge in [0.15, 0.2) is 0 Å². The summed E-state index contributed by atoms with van der Waals surface area (Å²) in [6.45, 7) is 0. The van der Waals surface area contributed by atoms with Gasteiger partial charge in [0.2, 0.25) is 10.0 Å². The second kappa shape index (κ2) is 3.55. The zero-order chi connectivity index (χ0) is 9.80. The van der Waals surface area contributed by atoms with Gasteiger partial charge in [0.1, 0.15) is 5.53 Å². The molecule has 0 aliphatic rings. The molecule has 0 spiro atoms. The Balaban J connectivity index is 2.52. The molecule has 1 aromatic carbocycles. The van der Waals surface area contributed by atoms with Crippen LogP contribution in [0.25, 0.3) is 5.69 Å². The SMILES string of the molecule is N=[N+]=Nc1nnnn1-c1ccccc1. The van der Waals surface area contributed by atoms with Gasteiger partial charge in [-0.3, -0.25) is 0 Å². The second-order valence-corrected chi connectivity index (χ2v) is 2.43. The fraction of sp³-hybridized carbons (Fsp3) is 0. The lowest BCUT2D eigenvalue weighted by Gasteiger charge is -1.96. The predicted octanol–water partition coefficient (Wildman–Crippen LogP) is 0.844. The van der Waals surface area contributed by atoms with Crippen LogP contribution in [-0.4, -0.2) is 20.2 Å². The molecular formula is C7H6N7+. The molecule has 7 nitrogen and oxygen atoms in total. The van der Waals surface area contributed by atoms with Crippen molar-refractivity contribution in [3.63, 3.8) is 0 Å². The molecule has 0 saturated carbocycles. The molecule has 0 aliphatic heterocycles. The zero-order valence-electron chi connectivity index (χ0n) is 7.07. The maximum Gasteiger partial charge on any atom is 0.359 e. The first-order valence-corrected chi connectivity index (χ1v) is 3.83. The summed E-state index contributed by atoms with van der Waals surface area (Å²) in [5.41, 5.74) is 7.37. The van der Waals surface area contributed by atoms with Crippen LogP contribution in [0.15, 0.2) is 35.4 Å². The van der Waals surface area contributed by atoms with E-state index in [0.29, 0.717) is 0 Å². The minimum atomic E-state index is 0.186. The summed E-state index contributed by atoms with van der Waals surface area (Å²) < 4.78 is 1.40. The third-order valence-corrected chi connectivity index (χ3v) is 1.59. The highest BCUT2D eigenvalue weighted by molar-refractivity contribution is 5.34. The van der Waals surface area contributed by atoms with E-state index in [1.807, 2.05) is 30.3 Å². The number of nitrogens with one attached hydrogen (secondary N) is 1. The molecule has 0 saturated heterocycles. The lowest BCUT2D eigenvalue weighted by molar-refractivity contribution is 0.785. The molecule has 1 N–H and O–H groups in total. The molecule has 2 aromatic rings. The molecule has 0 atom stereocenters. The Morgan fingerprint density at radius 2 is 2.07 bits per heavy atom. The van der Waals surface area contributed by atoms with E-state index in [1.54, 1.807) is 0 Å². The molecule has 68 valence electrons. The summed E-state index contributed by atoms with van der Waals surface area (Å²) in [7, 11) is 0. The summed E-state index contributed by atoms with van der Waals surface area (Å²) in [5.74, 6) is 0.186. The number of hydrogen-bond acceptors (Lipinski definition) is 5. The van der Waals surface area contributed by atoms with Crippen molar-refractivity contribution in [2.75, 3.05) is 0 Å². The summed E-state index contributed by atoms with van der Waals surface area (Å²) in [6, 6.07) is 9.27. The number of tetrazole rings is 1. The minimum Gasteiger partial charge on any atom is -0.171 e. The fourth-order valence-electron chi connectivity index (χ4n) is 1.03. The van der Waals surface area contributed by atoms with E-state index in [0.717, 1.165) is 5.69 Å². The molecule has 7 heteroatoms. The van der Waals surface area contributed by atoms with Gasteiger partial charge in [-0.25, -0.2) is 0 Å². The van der Waals surface area contributed by atoms with Crippen molar-refractivity contribution in [3.05, 3.63) is 30.3 Å². The van der Waals surface area contributed by atoms with E-state index in [9.17, 15) is 0 Å². The maximum atomic E-state index is 6.59. The average Bonchev–Trinajstić information content (AvgIpc) is 2.68. The van der Waals surface area contributed by atoms with Gasteiger partial charge in [-0.2, -0.15) is 4.68 Å². The molecule has 1 aromatic heterocycles. The van der Waals surface area contributed by atoms with E-state index in [1.165, 1.54) is 4.68 Å². The Morgan fingerprint density at radius 1 is 1.29 bits per heavy atom. The van der Waals surface area contributed by atoms with Gasteiger partial charge in [0.25, 0.3) is 0 Å². The van der Waals surface area contributed by atoms with Gasteiger partial charge in [0, 0.05) is 0 Å². The molecule has 0 bridgehead atoms. The van der Waals surface area contributed by atoms with Crippen molar-refractivity contribution in [2.24, 2.45) is 5.11 Å². The molecule has 2 rings (SSSR count). The third-order valence-electron chi connectivity index (χ3n) is 1.59. The summed E-state index contributed by atoms with van der Waals surface area (Å²) in [5, 5.41) is 14.2. The van der Waals surface area contributed by atoms with Crippen molar-refractivity contribution >= 4 is 5.95 Å². The first-order valence-electron chi connectivity index (χ1n) is 3.83. The standard InChI is InChI=1S/C7H6N7/c8-11-9-7-10-12-13-14(7)6-4-2-1-3-5-6/h1-5,8H/q+1. The van der Waals surface area contributed by atoms with E-state index in [-0.39, 0.29) is 5.95 Å². The molecule has 0 amide bonds. The van der Waals surface area contributed by atoms with Gasteiger partial charge in [-0.1, -0.05) is 23.3 Å². The van der Waals surface area contributed by atoms with Crippen molar-refractivity contribution in [3.8, 4) is 5.69 Å². The molecule has 0 aliphatic carbocycles. The molecule has 0 fully saturated rings. The Hall–Kier alpha value is -2.40. The highest BCUT2D eigenvalue weighted by Crippen LogP contribution is 2.11. The molecule has 0 unspecified atom stereocenters. The number of rotatable bonds is 2. The van der Waals surface area contributed by atoms with Crippen LogP contribution < -0.4 is 4.91 Å². The average molecular weight is 188 g/mol. The summed E-state index contributed by atoms with van der Waals surface area (Å²) >= 11 is 0. The quantitative estimate of drug-likeness (QED) is 0.558. The van der Waals surface area contributed by atoms with Crippen LogP contribution in [0.2, 0.25) is 0 Å². The number of para-hydroxylation sites is 1. The first-order chi connectivity index (χ1) is 6.92. The lowest BCUT2D eigenvalue weighted by Crippen LogP contribution is -1.95. The molecular weight excluding hydrogens is 182 g/mol. The van der Waals surface area contributed by atoms with Crippen molar-refractivity contribution < 1.29 is 0 Å². The highest BCUT2D eigenvalue weighted by atomic mass is 15.6. The number of benzene rings is 1. The smallest absolute Gasteiger partial charge is 0.171 e. The minimum absolute atomic E-state index is 0.186. The van der Waals surface area contributed by atoms with E-state index < -0.39 is 0 Å². The van der Waals surface area contributed by atoms with Crippen molar-refractivity contribution in [1.29, 1.82) is 5.53 Å². The van der Waals surface area contributed by atoms with Gasteiger partial charge >= 0.3 is 5.95 Å². The second-order valence-electron chi connectivity index (χ2n) is 2.43. The normalized spacial score (nSPS) is 9.43. The molecule has 14 heavy (non-hydrogen) atoms. The van der Waals surface area contributed by atoms with Crippen LogP contribution in [0, 0.1) is 5.53 Å². The highest BCUT2D eigenvalue weighted by Gasteiger charge is 2.10. The Labute approximate surface area is 78.6 Å². The number of hydrogen-bond donors (Lipinski definition) is 1. The van der Waals surface area contributed by atoms with Gasteiger partial charge in [0.05, 0.1) is 5.69 Å². The number of nitrogens with zero attached hydrogens (tertiary/aromatic N) is 6. The van der Waals surface area contributed by atoms with Crippen LogP contribution in [0.3, 0.4) is 0 Å². The van der Waals surface area contributed by atoms with Gasteiger partial charge < -0.3 is 0 Å². The van der Waals surface area contributed by atoms with E-state index in [4.69, 9.17) is 5.53 Å². The number of aromatic nitrogens is 4. The van der Waals surface area contributed by atoms with Gasteiger partial charge in [-0.05, 0) is 22.6 Å². The maximum absolute atomic E-state index is 6.59. The largest absolute Gasteiger partial charge is 0.359 e.